The van der Waals surface area contributed by atoms with Gasteiger partial charge in [0, 0.05) is 13.1 Å². The van der Waals surface area contributed by atoms with Crippen molar-refractivity contribution in [3.05, 3.63) is 100 Å². The van der Waals surface area contributed by atoms with Gasteiger partial charge in [0.2, 0.25) is 17.7 Å². The number of aromatic nitrogens is 3. The normalized spacial score (nSPS) is 13.9. The first-order valence-electron chi connectivity index (χ1n) is 15.5. The van der Waals surface area contributed by atoms with E-state index < -0.39 is 0 Å². The number of aryl methyl sites for hydroxylation is 2. The Labute approximate surface area is 268 Å². The van der Waals surface area contributed by atoms with Gasteiger partial charge in [0.25, 0.3) is 0 Å². The molecule has 0 saturated carbocycles. The summed E-state index contributed by atoms with van der Waals surface area (Å²) in [5.41, 5.74) is 3.82. The Morgan fingerprint density at radius 3 is 2.27 bits per heavy atom. The van der Waals surface area contributed by atoms with Gasteiger partial charge in [-0.25, -0.2) is 4.98 Å². The van der Waals surface area contributed by atoms with Gasteiger partial charge in [-0.3, -0.25) is 14.4 Å². The van der Waals surface area contributed by atoms with E-state index in [9.17, 15) is 14.4 Å². The van der Waals surface area contributed by atoms with E-state index in [-0.39, 0.29) is 29.6 Å². The van der Waals surface area contributed by atoms with Gasteiger partial charge in [0.1, 0.15) is 5.00 Å². The third kappa shape index (κ3) is 10.0. The molecule has 5 rings (SSSR count). The van der Waals surface area contributed by atoms with Crippen LogP contribution in [-0.2, 0) is 46.5 Å². The minimum absolute atomic E-state index is 0.103. The molecule has 1 aliphatic heterocycles. The van der Waals surface area contributed by atoms with Crippen molar-refractivity contribution in [2.45, 2.75) is 65.2 Å². The molecule has 3 amide bonds. The van der Waals surface area contributed by atoms with Gasteiger partial charge in [-0.1, -0.05) is 68.4 Å². The quantitative estimate of drug-likeness (QED) is 0.185. The molecule has 0 unspecified atom stereocenters. The zero-order valence-electron chi connectivity index (χ0n) is 25.9. The average molecular weight is 625 g/mol. The molecule has 1 fully saturated rings. The molecule has 2 aromatic heterocycles. The monoisotopic (exact) mass is 624 g/mol. The highest BCUT2D eigenvalue weighted by atomic mass is 32.1. The lowest BCUT2D eigenvalue weighted by Gasteiger charge is -2.20. The average Bonchev–Trinajstić information content (AvgIpc) is 3.62. The van der Waals surface area contributed by atoms with Crippen molar-refractivity contribution >= 4 is 39.9 Å². The number of anilines is 2. The Bertz CT molecular complexity index is 1600. The molecular formula is C35H40N6O3S. The van der Waals surface area contributed by atoms with Crippen LogP contribution < -0.4 is 10.6 Å². The molecular weight excluding hydrogens is 584 g/mol. The SMILES string of the molecule is CC1(C)CCN(C(=O)Cc2cccc(CC(=O)Nc3cnc(CCCCc4ccc(NC(=O)Cc5ccccc5)nn4)s3)c2)C1. The molecule has 2 N–H and O–H groups in total. The molecule has 1 saturated heterocycles. The zero-order valence-corrected chi connectivity index (χ0v) is 26.7. The summed E-state index contributed by atoms with van der Waals surface area (Å²) in [4.78, 5) is 44.2. The lowest BCUT2D eigenvalue weighted by molar-refractivity contribution is -0.129. The van der Waals surface area contributed by atoms with E-state index in [1.54, 1.807) is 12.3 Å². The Morgan fingerprint density at radius 2 is 1.53 bits per heavy atom. The Kier molecular flexibility index (Phi) is 10.7. The Hall–Kier alpha value is -4.44. The molecule has 1 aliphatic rings. The minimum Gasteiger partial charge on any atom is -0.342 e. The van der Waals surface area contributed by atoms with Crippen LogP contribution in [0.1, 0.15) is 60.5 Å². The fourth-order valence-corrected chi connectivity index (χ4v) is 6.30. The third-order valence-electron chi connectivity index (χ3n) is 7.83. The van der Waals surface area contributed by atoms with Crippen molar-refractivity contribution < 1.29 is 14.4 Å². The number of hydrogen-bond donors (Lipinski definition) is 2. The summed E-state index contributed by atoms with van der Waals surface area (Å²) in [7, 11) is 0. The van der Waals surface area contributed by atoms with Gasteiger partial charge in [0.05, 0.1) is 36.2 Å². The number of nitrogens with zero attached hydrogens (tertiary/aromatic N) is 4. The minimum atomic E-state index is -0.123. The van der Waals surface area contributed by atoms with Crippen molar-refractivity contribution in [2.75, 3.05) is 23.7 Å². The van der Waals surface area contributed by atoms with Gasteiger partial charge in [-0.05, 0) is 66.3 Å². The summed E-state index contributed by atoms with van der Waals surface area (Å²) in [5.74, 6) is 0.363. The zero-order chi connectivity index (χ0) is 31.6. The molecule has 4 aromatic rings. The number of thiazole rings is 1. The Balaban J connectivity index is 1.000. The number of rotatable bonds is 13. The highest BCUT2D eigenvalue weighted by molar-refractivity contribution is 7.15. The third-order valence-corrected chi connectivity index (χ3v) is 8.80. The van der Waals surface area contributed by atoms with Crippen LogP contribution >= 0.6 is 11.3 Å². The van der Waals surface area contributed by atoms with Crippen LogP contribution in [0.2, 0.25) is 0 Å². The van der Waals surface area contributed by atoms with Crippen LogP contribution in [0.25, 0.3) is 0 Å². The van der Waals surface area contributed by atoms with E-state index in [4.69, 9.17) is 0 Å². The standard InChI is InChI=1S/C35H40N6O3S/c1-35(2)17-18-41(24-35)34(44)22-27-12-8-11-26(19-27)21-31(43)38-33-23-36-32(45-33)14-7-6-13-28-15-16-29(40-39-28)37-30(42)20-25-9-4-3-5-10-25/h3-5,8-12,15-16,19,23H,6-7,13-14,17-18,20-22,24H2,1-2H3,(H,38,43)(H,37,40,42). The van der Waals surface area contributed by atoms with Gasteiger partial charge in [-0.2, -0.15) is 5.10 Å². The van der Waals surface area contributed by atoms with Gasteiger partial charge in [0.15, 0.2) is 5.82 Å². The predicted molar refractivity (Wildman–Crippen MR) is 177 cm³/mol. The maximum Gasteiger partial charge on any atom is 0.229 e. The summed E-state index contributed by atoms with van der Waals surface area (Å²) >= 11 is 1.49. The number of carbonyl (C=O) groups excluding carboxylic acids is 3. The number of carbonyl (C=O) groups is 3. The summed E-state index contributed by atoms with van der Waals surface area (Å²) in [5, 5.41) is 15.9. The van der Waals surface area contributed by atoms with Crippen LogP contribution in [0.4, 0.5) is 10.8 Å². The van der Waals surface area contributed by atoms with Crippen LogP contribution in [0, 0.1) is 5.41 Å². The van der Waals surface area contributed by atoms with Crippen molar-refractivity contribution in [1.82, 2.24) is 20.1 Å². The number of benzene rings is 2. The number of likely N-dealkylation sites (tertiary alicyclic amines) is 1. The van der Waals surface area contributed by atoms with Crippen molar-refractivity contribution in [3.63, 3.8) is 0 Å². The molecule has 0 bridgehead atoms. The summed E-state index contributed by atoms with van der Waals surface area (Å²) in [6.07, 6.45) is 7.07. The highest BCUT2D eigenvalue weighted by Crippen LogP contribution is 2.29. The fourth-order valence-electron chi connectivity index (χ4n) is 5.42. The largest absolute Gasteiger partial charge is 0.342 e. The number of nitrogens with one attached hydrogen (secondary N) is 2. The number of unbranched alkanes of at least 4 members (excludes halogenated alkanes) is 1. The number of amides is 3. The maximum atomic E-state index is 12.8. The summed E-state index contributed by atoms with van der Waals surface area (Å²) < 4.78 is 0. The molecule has 0 aliphatic carbocycles. The van der Waals surface area contributed by atoms with Crippen LogP contribution in [0.15, 0.2) is 72.9 Å². The molecule has 3 heterocycles. The van der Waals surface area contributed by atoms with E-state index in [1.807, 2.05) is 65.6 Å². The van der Waals surface area contributed by atoms with E-state index in [0.29, 0.717) is 18.7 Å². The van der Waals surface area contributed by atoms with Gasteiger partial charge >= 0.3 is 0 Å². The number of hydrogen-bond acceptors (Lipinski definition) is 7. The molecule has 234 valence electrons. The molecule has 9 nitrogen and oxygen atoms in total. The lowest BCUT2D eigenvalue weighted by Crippen LogP contribution is -2.31. The highest BCUT2D eigenvalue weighted by Gasteiger charge is 2.31. The van der Waals surface area contributed by atoms with Crippen LogP contribution in [0.5, 0.6) is 0 Å². The maximum absolute atomic E-state index is 12.8. The molecule has 10 heteroatoms. The summed E-state index contributed by atoms with van der Waals surface area (Å²) in [6, 6.07) is 21.0. The second-order valence-electron chi connectivity index (χ2n) is 12.4. The first kappa shape index (κ1) is 32.0. The topological polar surface area (TPSA) is 117 Å². The second kappa shape index (κ2) is 15.0. The van der Waals surface area contributed by atoms with Crippen molar-refractivity contribution in [1.29, 1.82) is 0 Å². The molecule has 45 heavy (non-hydrogen) atoms. The van der Waals surface area contributed by atoms with Crippen LogP contribution in [0.3, 0.4) is 0 Å². The van der Waals surface area contributed by atoms with E-state index in [2.05, 4.69) is 39.7 Å². The van der Waals surface area contributed by atoms with Crippen molar-refractivity contribution in [2.24, 2.45) is 5.41 Å². The summed E-state index contributed by atoms with van der Waals surface area (Å²) in [6.45, 7) is 6.00. The first-order valence-corrected chi connectivity index (χ1v) is 16.3. The van der Waals surface area contributed by atoms with E-state index in [1.165, 1.54) is 11.3 Å². The predicted octanol–water partition coefficient (Wildman–Crippen LogP) is 5.66. The van der Waals surface area contributed by atoms with E-state index >= 15 is 0 Å². The van der Waals surface area contributed by atoms with Gasteiger partial charge in [-0.15, -0.1) is 16.4 Å². The Morgan fingerprint density at radius 1 is 0.822 bits per heavy atom. The molecule has 0 atom stereocenters. The smallest absolute Gasteiger partial charge is 0.229 e. The molecule has 2 aromatic carbocycles. The van der Waals surface area contributed by atoms with Crippen molar-refractivity contribution in [3.8, 4) is 0 Å². The van der Waals surface area contributed by atoms with E-state index in [0.717, 1.165) is 77.6 Å². The second-order valence-corrected chi connectivity index (χ2v) is 13.5. The molecule has 0 radical (unpaired) electrons. The van der Waals surface area contributed by atoms with Crippen LogP contribution in [-0.4, -0.2) is 50.9 Å². The first-order chi connectivity index (χ1) is 21.7. The fraction of sp³-hybridized carbons (Fsp3) is 0.371. The van der Waals surface area contributed by atoms with Gasteiger partial charge < -0.3 is 15.5 Å². The molecule has 0 spiro atoms. The lowest BCUT2D eigenvalue weighted by atomic mass is 9.93.